The molecular weight excluding hydrogens is 266 g/mol. The van der Waals surface area contributed by atoms with E-state index in [1.807, 2.05) is 13.1 Å². The van der Waals surface area contributed by atoms with Crippen LogP contribution in [0.15, 0.2) is 30.5 Å². The third kappa shape index (κ3) is 5.29. The quantitative estimate of drug-likeness (QED) is 0.638. The molecule has 1 nitrogen and oxygen atoms in total. The third-order valence-electron chi connectivity index (χ3n) is 4.23. The van der Waals surface area contributed by atoms with Gasteiger partial charge in [-0.05, 0) is 67.3 Å². The largest absolute Gasteiger partial charge is 0.261 e. The maximum atomic E-state index is 4.30. The summed E-state index contributed by atoms with van der Waals surface area (Å²) in [7, 11) is 0. The van der Waals surface area contributed by atoms with Crippen LogP contribution in [0, 0.1) is 27.7 Å². The molecule has 1 aromatic carbocycles. The summed E-state index contributed by atoms with van der Waals surface area (Å²) < 4.78 is 0. The predicted molar refractivity (Wildman–Crippen MR) is 97.8 cm³/mol. The SMILES string of the molecule is Cc1cc(C(C)C)cnc1C.Cc1ccc(C(C)C)cc1C. The summed E-state index contributed by atoms with van der Waals surface area (Å²) in [6.45, 7) is 17.3. The zero-order valence-electron chi connectivity index (χ0n) is 15.5. The molecule has 0 unspecified atom stereocenters. The van der Waals surface area contributed by atoms with E-state index in [1.165, 1.54) is 27.8 Å². The van der Waals surface area contributed by atoms with E-state index in [0.29, 0.717) is 11.8 Å². The first kappa shape index (κ1) is 18.4. The lowest BCUT2D eigenvalue weighted by molar-refractivity contribution is 0.852. The van der Waals surface area contributed by atoms with Gasteiger partial charge >= 0.3 is 0 Å². The van der Waals surface area contributed by atoms with Crippen molar-refractivity contribution in [2.75, 3.05) is 0 Å². The molecule has 0 spiro atoms. The Bertz CT molecular complexity index is 554. The van der Waals surface area contributed by atoms with Crippen LogP contribution in [-0.2, 0) is 0 Å². The molecule has 0 atom stereocenters. The zero-order valence-corrected chi connectivity index (χ0v) is 15.5. The highest BCUT2D eigenvalue weighted by atomic mass is 14.7. The summed E-state index contributed by atoms with van der Waals surface area (Å²) in [5.74, 6) is 1.23. The van der Waals surface area contributed by atoms with E-state index in [1.54, 1.807) is 0 Å². The Balaban J connectivity index is 0.000000220. The van der Waals surface area contributed by atoms with Gasteiger partial charge in [0.15, 0.2) is 0 Å². The predicted octanol–water partition coefficient (Wildman–Crippen LogP) is 6.25. The minimum absolute atomic E-state index is 0.585. The van der Waals surface area contributed by atoms with E-state index < -0.39 is 0 Å². The normalized spacial score (nSPS) is 10.6. The van der Waals surface area contributed by atoms with Crippen molar-refractivity contribution in [1.82, 2.24) is 4.98 Å². The van der Waals surface area contributed by atoms with Gasteiger partial charge in [0.2, 0.25) is 0 Å². The van der Waals surface area contributed by atoms with Crippen LogP contribution < -0.4 is 0 Å². The fourth-order valence-electron chi connectivity index (χ4n) is 2.10. The van der Waals surface area contributed by atoms with Crippen molar-refractivity contribution in [2.45, 2.75) is 67.2 Å². The van der Waals surface area contributed by atoms with E-state index >= 15 is 0 Å². The number of aromatic nitrogens is 1. The molecular formula is C21H31N. The molecule has 0 amide bonds. The van der Waals surface area contributed by atoms with Gasteiger partial charge in [0.25, 0.3) is 0 Å². The molecule has 1 aromatic heterocycles. The van der Waals surface area contributed by atoms with E-state index in [0.717, 1.165) is 5.69 Å². The summed E-state index contributed by atoms with van der Waals surface area (Å²) in [6.07, 6.45) is 1.97. The molecule has 0 aliphatic rings. The van der Waals surface area contributed by atoms with Crippen LogP contribution in [0.5, 0.6) is 0 Å². The second kappa shape index (κ2) is 8.12. The molecule has 120 valence electrons. The number of benzene rings is 1. The second-order valence-corrected chi connectivity index (χ2v) is 6.82. The molecule has 2 aromatic rings. The highest BCUT2D eigenvalue weighted by Gasteiger charge is 2.00. The van der Waals surface area contributed by atoms with Crippen molar-refractivity contribution in [3.63, 3.8) is 0 Å². The fraction of sp³-hybridized carbons (Fsp3) is 0.476. The first-order valence-electron chi connectivity index (χ1n) is 8.22. The monoisotopic (exact) mass is 297 g/mol. The Hall–Kier alpha value is -1.63. The molecule has 0 fully saturated rings. The van der Waals surface area contributed by atoms with Crippen molar-refractivity contribution < 1.29 is 0 Å². The highest BCUT2D eigenvalue weighted by molar-refractivity contribution is 5.31. The van der Waals surface area contributed by atoms with Gasteiger partial charge in [-0.25, -0.2) is 0 Å². The number of pyridine rings is 1. The minimum atomic E-state index is 0.585. The molecule has 0 saturated carbocycles. The number of aryl methyl sites for hydroxylation is 4. The lowest BCUT2D eigenvalue weighted by Gasteiger charge is -2.07. The Morgan fingerprint density at radius 2 is 1.23 bits per heavy atom. The molecule has 0 radical (unpaired) electrons. The third-order valence-corrected chi connectivity index (χ3v) is 4.23. The Labute approximate surface area is 136 Å². The van der Waals surface area contributed by atoms with Gasteiger partial charge in [-0.2, -0.15) is 0 Å². The number of hydrogen-bond donors (Lipinski definition) is 0. The lowest BCUT2D eigenvalue weighted by Crippen LogP contribution is -1.93. The molecule has 0 aliphatic carbocycles. The molecule has 0 aliphatic heterocycles. The zero-order chi connectivity index (χ0) is 16.9. The van der Waals surface area contributed by atoms with Gasteiger partial charge in [-0.3, -0.25) is 4.98 Å². The van der Waals surface area contributed by atoms with Gasteiger partial charge < -0.3 is 0 Å². The standard InChI is InChI=1S/C11H16.C10H15N/c1-8(2)11-6-5-9(3)10(4)7-11;1-7(2)10-5-8(3)9(4)11-6-10/h5-8H,1-4H3;5-7H,1-4H3. The Morgan fingerprint density at radius 3 is 1.68 bits per heavy atom. The highest BCUT2D eigenvalue weighted by Crippen LogP contribution is 2.17. The van der Waals surface area contributed by atoms with Crippen molar-refractivity contribution in [1.29, 1.82) is 0 Å². The van der Waals surface area contributed by atoms with Gasteiger partial charge in [0, 0.05) is 11.9 Å². The molecule has 0 bridgehead atoms. The summed E-state index contributed by atoms with van der Waals surface area (Å²) in [5, 5.41) is 0. The Kier molecular flexibility index (Phi) is 6.80. The molecule has 22 heavy (non-hydrogen) atoms. The van der Waals surface area contributed by atoms with Crippen LogP contribution >= 0.6 is 0 Å². The average molecular weight is 297 g/mol. The van der Waals surface area contributed by atoms with Crippen LogP contribution in [0.4, 0.5) is 0 Å². The van der Waals surface area contributed by atoms with Crippen molar-refractivity contribution >= 4 is 0 Å². The summed E-state index contributed by atoms with van der Waals surface area (Å²) in [5.41, 5.74) is 7.97. The second-order valence-electron chi connectivity index (χ2n) is 6.82. The lowest BCUT2D eigenvalue weighted by atomic mass is 9.99. The molecule has 1 heteroatoms. The van der Waals surface area contributed by atoms with Crippen molar-refractivity contribution in [2.24, 2.45) is 0 Å². The van der Waals surface area contributed by atoms with E-state index in [-0.39, 0.29) is 0 Å². The van der Waals surface area contributed by atoms with E-state index in [4.69, 9.17) is 0 Å². The van der Waals surface area contributed by atoms with E-state index in [2.05, 4.69) is 77.7 Å². The maximum absolute atomic E-state index is 4.30. The Morgan fingerprint density at radius 1 is 0.682 bits per heavy atom. The van der Waals surface area contributed by atoms with Crippen molar-refractivity contribution in [3.05, 3.63) is 64.0 Å². The van der Waals surface area contributed by atoms with Gasteiger partial charge in [-0.15, -0.1) is 0 Å². The summed E-state index contributed by atoms with van der Waals surface area (Å²) in [6, 6.07) is 8.91. The molecule has 0 N–H and O–H groups in total. The minimum Gasteiger partial charge on any atom is -0.261 e. The summed E-state index contributed by atoms with van der Waals surface area (Å²) in [4.78, 5) is 4.30. The van der Waals surface area contributed by atoms with E-state index in [9.17, 15) is 0 Å². The van der Waals surface area contributed by atoms with Crippen LogP contribution in [0.2, 0.25) is 0 Å². The van der Waals surface area contributed by atoms with Gasteiger partial charge in [-0.1, -0.05) is 52.0 Å². The van der Waals surface area contributed by atoms with Gasteiger partial charge in [0.1, 0.15) is 0 Å². The van der Waals surface area contributed by atoms with Crippen LogP contribution in [0.3, 0.4) is 0 Å². The molecule has 2 rings (SSSR count). The van der Waals surface area contributed by atoms with Crippen molar-refractivity contribution in [3.8, 4) is 0 Å². The van der Waals surface area contributed by atoms with Crippen LogP contribution in [0.25, 0.3) is 0 Å². The topological polar surface area (TPSA) is 12.9 Å². The number of hydrogen-bond acceptors (Lipinski definition) is 1. The van der Waals surface area contributed by atoms with Crippen LogP contribution in [-0.4, -0.2) is 4.98 Å². The average Bonchev–Trinajstić information content (AvgIpc) is 2.45. The number of nitrogens with zero attached hydrogens (tertiary/aromatic N) is 1. The molecule has 1 heterocycles. The smallest absolute Gasteiger partial charge is 0.0401 e. The maximum Gasteiger partial charge on any atom is 0.0401 e. The van der Waals surface area contributed by atoms with Crippen LogP contribution in [0.1, 0.15) is 73.0 Å². The first-order chi connectivity index (χ1) is 10.2. The first-order valence-corrected chi connectivity index (χ1v) is 8.22. The number of rotatable bonds is 2. The summed E-state index contributed by atoms with van der Waals surface area (Å²) >= 11 is 0. The fourth-order valence-corrected chi connectivity index (χ4v) is 2.10. The molecule has 0 saturated heterocycles. The van der Waals surface area contributed by atoms with Gasteiger partial charge in [0.05, 0.1) is 0 Å².